The molecule has 0 saturated heterocycles. The number of hydrogen-bond donors (Lipinski definition) is 1. The smallest absolute Gasteiger partial charge is 0.0551 e. The van der Waals surface area contributed by atoms with Crippen LogP contribution in [0.3, 0.4) is 0 Å². The highest BCUT2D eigenvalue weighted by atomic mass is 79.9. The van der Waals surface area contributed by atoms with Crippen LogP contribution < -0.4 is 5.32 Å². The first kappa shape index (κ1) is 14.1. The fourth-order valence-electron chi connectivity index (χ4n) is 2.56. The van der Waals surface area contributed by atoms with Gasteiger partial charge in [0.2, 0.25) is 0 Å². The van der Waals surface area contributed by atoms with E-state index < -0.39 is 0 Å². The van der Waals surface area contributed by atoms with Gasteiger partial charge in [-0.2, -0.15) is 0 Å². The third-order valence-corrected chi connectivity index (χ3v) is 4.75. The van der Waals surface area contributed by atoms with Crippen molar-refractivity contribution in [3.8, 4) is 0 Å². The third kappa shape index (κ3) is 3.37. The highest BCUT2D eigenvalue weighted by Crippen LogP contribution is 2.32. The maximum Gasteiger partial charge on any atom is 0.0551 e. The van der Waals surface area contributed by atoms with Gasteiger partial charge in [0.05, 0.1) is 11.1 Å². The van der Waals surface area contributed by atoms with Crippen molar-refractivity contribution in [1.29, 1.82) is 0 Å². The second-order valence-electron chi connectivity index (χ2n) is 4.77. The van der Waals surface area contributed by atoms with Crippen molar-refractivity contribution in [3.63, 3.8) is 0 Å². The van der Waals surface area contributed by atoms with Gasteiger partial charge in [-0.1, -0.05) is 35.7 Å². The van der Waals surface area contributed by atoms with Crippen LogP contribution >= 0.6 is 27.5 Å². The molecule has 0 spiro atoms. The Kier molecular flexibility index (Phi) is 5.28. The topological polar surface area (TPSA) is 12.0 Å². The van der Waals surface area contributed by atoms with Gasteiger partial charge in [-0.15, -0.1) is 0 Å². The molecule has 0 bridgehead atoms. The van der Waals surface area contributed by atoms with Gasteiger partial charge in [-0.05, 0) is 66.4 Å². The largest absolute Gasteiger partial charge is 0.310 e. The quantitative estimate of drug-likeness (QED) is 0.747. The molecule has 18 heavy (non-hydrogen) atoms. The fourth-order valence-corrected chi connectivity index (χ4v) is 3.00. The van der Waals surface area contributed by atoms with Gasteiger partial charge in [-0.25, -0.2) is 0 Å². The molecular formula is C15H19BrClN. The Bertz CT molecular complexity index is 442. The fraction of sp³-hybridized carbons (Fsp3) is 0.467. The number of rotatable bonds is 3. The second kappa shape index (κ2) is 6.74. The minimum Gasteiger partial charge on any atom is -0.310 e. The molecule has 1 unspecified atom stereocenters. The van der Waals surface area contributed by atoms with Crippen molar-refractivity contribution in [2.45, 2.75) is 38.1 Å². The molecule has 0 amide bonds. The second-order valence-corrected chi connectivity index (χ2v) is 6.04. The molecule has 1 aliphatic rings. The van der Waals surface area contributed by atoms with Crippen LogP contribution in [0.4, 0.5) is 0 Å². The molecule has 1 aromatic rings. The van der Waals surface area contributed by atoms with Gasteiger partial charge < -0.3 is 5.32 Å². The highest BCUT2D eigenvalue weighted by Gasteiger charge is 2.16. The van der Waals surface area contributed by atoms with Crippen LogP contribution in [-0.4, -0.2) is 7.05 Å². The number of allylic oxidation sites excluding steroid dienone is 1. The summed E-state index contributed by atoms with van der Waals surface area (Å²) in [5, 5.41) is 4.20. The summed E-state index contributed by atoms with van der Waals surface area (Å²) >= 11 is 9.63. The number of nitrogens with one attached hydrogen (secondary N) is 1. The average molecular weight is 329 g/mol. The molecule has 3 heteroatoms. The van der Waals surface area contributed by atoms with E-state index in [-0.39, 0.29) is 0 Å². The van der Waals surface area contributed by atoms with Gasteiger partial charge in [0.1, 0.15) is 0 Å². The molecule has 2 rings (SSSR count). The molecule has 0 radical (unpaired) electrons. The third-order valence-electron chi connectivity index (χ3n) is 3.51. The molecule has 0 aromatic heterocycles. The van der Waals surface area contributed by atoms with Crippen LogP contribution in [0.2, 0.25) is 5.02 Å². The van der Waals surface area contributed by atoms with E-state index >= 15 is 0 Å². The van der Waals surface area contributed by atoms with Crippen LogP contribution in [0.25, 0.3) is 0 Å². The summed E-state index contributed by atoms with van der Waals surface area (Å²) in [6.07, 6.45) is 8.77. The summed E-state index contributed by atoms with van der Waals surface area (Å²) in [6, 6.07) is 6.52. The van der Waals surface area contributed by atoms with E-state index in [2.05, 4.69) is 39.5 Å². The molecule has 1 N–H and O–H groups in total. The molecule has 0 aliphatic heterocycles. The lowest BCUT2D eigenvalue weighted by molar-refractivity contribution is 0.628. The standard InChI is InChI=1S/C15H19BrClN/c1-18-15(11-6-4-2-3-5-7-11)12-8-9-13(16)14(17)10-12/h6,8-10,15,18H,2-5,7H2,1H3. The van der Waals surface area contributed by atoms with Crippen molar-refractivity contribution >= 4 is 27.5 Å². The first-order valence-corrected chi connectivity index (χ1v) is 7.70. The van der Waals surface area contributed by atoms with Crippen LogP contribution in [0, 0.1) is 0 Å². The Morgan fingerprint density at radius 1 is 1.28 bits per heavy atom. The number of likely N-dealkylation sites (N-methyl/N-ethyl adjacent to an activating group) is 1. The minimum atomic E-state index is 0.300. The van der Waals surface area contributed by atoms with E-state index in [9.17, 15) is 0 Å². The Morgan fingerprint density at radius 2 is 2.11 bits per heavy atom. The first-order chi connectivity index (χ1) is 8.72. The zero-order valence-corrected chi connectivity index (χ0v) is 13.0. The van der Waals surface area contributed by atoms with Crippen molar-refractivity contribution in [1.82, 2.24) is 5.32 Å². The number of halogens is 2. The Labute approximate surface area is 123 Å². The normalized spacial score (nSPS) is 18.1. The van der Waals surface area contributed by atoms with E-state index in [1.165, 1.54) is 43.2 Å². The Hall–Kier alpha value is -0.310. The monoisotopic (exact) mass is 327 g/mol. The van der Waals surface area contributed by atoms with Crippen molar-refractivity contribution in [2.24, 2.45) is 0 Å². The van der Waals surface area contributed by atoms with Gasteiger partial charge in [0.15, 0.2) is 0 Å². The van der Waals surface area contributed by atoms with Gasteiger partial charge in [0.25, 0.3) is 0 Å². The lowest BCUT2D eigenvalue weighted by Gasteiger charge is -2.20. The van der Waals surface area contributed by atoms with E-state index in [4.69, 9.17) is 11.6 Å². The molecule has 1 aromatic carbocycles. The lowest BCUT2D eigenvalue weighted by Crippen LogP contribution is -2.18. The summed E-state index contributed by atoms with van der Waals surface area (Å²) in [4.78, 5) is 0. The zero-order valence-electron chi connectivity index (χ0n) is 10.7. The summed E-state index contributed by atoms with van der Waals surface area (Å²) in [7, 11) is 2.02. The molecule has 1 atom stereocenters. The van der Waals surface area contributed by atoms with E-state index in [1.54, 1.807) is 0 Å². The maximum atomic E-state index is 6.19. The minimum absolute atomic E-state index is 0.300. The molecule has 0 fully saturated rings. The maximum absolute atomic E-state index is 6.19. The highest BCUT2D eigenvalue weighted by molar-refractivity contribution is 9.10. The van der Waals surface area contributed by atoms with Crippen LogP contribution in [0.15, 0.2) is 34.3 Å². The summed E-state index contributed by atoms with van der Waals surface area (Å²) < 4.78 is 0.956. The van der Waals surface area contributed by atoms with Crippen molar-refractivity contribution in [2.75, 3.05) is 7.05 Å². The SMILES string of the molecule is CNC(C1=CCCCCC1)c1ccc(Br)c(Cl)c1. The van der Waals surface area contributed by atoms with Crippen LogP contribution in [-0.2, 0) is 0 Å². The predicted molar refractivity (Wildman–Crippen MR) is 82.1 cm³/mol. The predicted octanol–water partition coefficient (Wildman–Crippen LogP) is 5.25. The number of hydrogen-bond acceptors (Lipinski definition) is 1. The van der Waals surface area contributed by atoms with Crippen molar-refractivity contribution < 1.29 is 0 Å². The summed E-state index contributed by atoms with van der Waals surface area (Å²) in [5.41, 5.74) is 2.76. The summed E-state index contributed by atoms with van der Waals surface area (Å²) in [5.74, 6) is 0. The molecular weight excluding hydrogens is 310 g/mol. The number of benzene rings is 1. The van der Waals surface area contributed by atoms with Gasteiger partial charge in [0, 0.05) is 4.47 Å². The van der Waals surface area contributed by atoms with E-state index in [1.807, 2.05) is 13.1 Å². The Morgan fingerprint density at radius 3 is 2.83 bits per heavy atom. The molecule has 0 saturated carbocycles. The first-order valence-electron chi connectivity index (χ1n) is 6.53. The van der Waals surface area contributed by atoms with E-state index in [0.717, 1.165) is 9.50 Å². The Balaban J connectivity index is 2.26. The zero-order chi connectivity index (χ0) is 13.0. The lowest BCUT2D eigenvalue weighted by atomic mass is 9.95. The van der Waals surface area contributed by atoms with Crippen LogP contribution in [0.5, 0.6) is 0 Å². The molecule has 98 valence electrons. The van der Waals surface area contributed by atoms with E-state index in [0.29, 0.717) is 6.04 Å². The van der Waals surface area contributed by atoms with Gasteiger partial charge >= 0.3 is 0 Å². The molecule has 1 nitrogen and oxygen atoms in total. The van der Waals surface area contributed by atoms with Gasteiger partial charge in [-0.3, -0.25) is 0 Å². The molecule has 1 aliphatic carbocycles. The average Bonchev–Trinajstić information content (AvgIpc) is 2.64. The molecule has 0 heterocycles. The van der Waals surface area contributed by atoms with Crippen LogP contribution in [0.1, 0.15) is 43.7 Å². The summed E-state index contributed by atoms with van der Waals surface area (Å²) in [6.45, 7) is 0. The van der Waals surface area contributed by atoms with Crippen molar-refractivity contribution in [3.05, 3.63) is 44.9 Å².